The van der Waals surface area contributed by atoms with Gasteiger partial charge in [-0.15, -0.1) is 0 Å². The Morgan fingerprint density at radius 2 is 1.83 bits per heavy atom. The normalized spacial score (nSPS) is 19.4. The van der Waals surface area contributed by atoms with Crippen molar-refractivity contribution in [3.63, 3.8) is 0 Å². The van der Waals surface area contributed by atoms with Crippen LogP contribution in [0.2, 0.25) is 0 Å². The molecule has 2 N–H and O–H groups in total. The number of quaternary nitrogens is 1. The second-order valence-corrected chi connectivity index (χ2v) is 6.64. The Kier molecular flexibility index (Phi) is 5.55. The van der Waals surface area contributed by atoms with Crippen molar-refractivity contribution in [2.75, 3.05) is 38.5 Å². The molecule has 1 heterocycles. The van der Waals surface area contributed by atoms with Crippen LogP contribution in [-0.4, -0.2) is 61.8 Å². The summed E-state index contributed by atoms with van der Waals surface area (Å²) in [7, 11) is -3.91. The van der Waals surface area contributed by atoms with Gasteiger partial charge >= 0.3 is 0 Å². The minimum atomic E-state index is -3.91. The molecule has 0 atom stereocenters. The van der Waals surface area contributed by atoms with Crippen LogP contribution in [0.15, 0.2) is 0 Å². The summed E-state index contributed by atoms with van der Waals surface area (Å²) >= 11 is 0. The Morgan fingerprint density at radius 3 is 2.33 bits per heavy atom. The number of hydrogen-bond acceptors (Lipinski definition) is 3. The van der Waals surface area contributed by atoms with Gasteiger partial charge in [0.1, 0.15) is 5.75 Å². The molecule has 1 saturated heterocycles. The van der Waals surface area contributed by atoms with E-state index in [1.807, 2.05) is 0 Å². The summed E-state index contributed by atoms with van der Waals surface area (Å²) < 4.78 is 31.3. The summed E-state index contributed by atoms with van der Waals surface area (Å²) in [5.41, 5.74) is 0. The Labute approximate surface area is 109 Å². The molecular weight excluding hydrogens is 256 g/mol. The molecule has 0 saturated carbocycles. The van der Waals surface area contributed by atoms with E-state index in [0.717, 1.165) is 32.5 Å². The lowest BCUT2D eigenvalue weighted by Gasteiger charge is -2.41. The van der Waals surface area contributed by atoms with Gasteiger partial charge in [-0.3, -0.25) is 9.35 Å². The molecule has 0 aromatic rings. The number of amides is 1. The average molecular weight is 279 g/mol. The van der Waals surface area contributed by atoms with Crippen LogP contribution < -0.4 is 5.32 Å². The zero-order chi connectivity index (χ0) is 13.6. The first-order chi connectivity index (χ1) is 8.33. The van der Waals surface area contributed by atoms with Crippen LogP contribution in [0.5, 0.6) is 0 Å². The van der Waals surface area contributed by atoms with Crippen LogP contribution in [0.4, 0.5) is 0 Å². The molecule has 1 fully saturated rings. The van der Waals surface area contributed by atoms with Crippen molar-refractivity contribution in [1.29, 1.82) is 0 Å². The summed E-state index contributed by atoms with van der Waals surface area (Å²) in [4.78, 5) is 10.9. The monoisotopic (exact) mass is 279 g/mol. The Morgan fingerprint density at radius 1 is 1.22 bits per heavy atom. The Bertz CT molecular complexity index is 375. The molecule has 0 aliphatic carbocycles. The molecule has 0 bridgehead atoms. The SMILES string of the molecule is CC(=O)NCC[N+]1(CCS(=O)(=O)O)CCCCC1. The van der Waals surface area contributed by atoms with Gasteiger partial charge in [-0.25, -0.2) is 0 Å². The molecular formula is C11H23N2O4S+. The quantitative estimate of drug-likeness (QED) is 0.530. The lowest BCUT2D eigenvalue weighted by atomic mass is 10.1. The fourth-order valence-electron chi connectivity index (χ4n) is 2.52. The zero-order valence-electron chi connectivity index (χ0n) is 10.9. The van der Waals surface area contributed by atoms with Gasteiger partial charge in [0.2, 0.25) is 5.91 Å². The van der Waals surface area contributed by atoms with E-state index in [4.69, 9.17) is 4.55 Å². The minimum absolute atomic E-state index is 0.0695. The van der Waals surface area contributed by atoms with Gasteiger partial charge in [0.15, 0.2) is 0 Å². The van der Waals surface area contributed by atoms with Gasteiger partial charge in [-0.1, -0.05) is 0 Å². The van der Waals surface area contributed by atoms with E-state index in [2.05, 4.69) is 5.32 Å². The summed E-state index contributed by atoms with van der Waals surface area (Å²) in [5.74, 6) is -0.271. The molecule has 6 nitrogen and oxygen atoms in total. The molecule has 0 unspecified atom stereocenters. The van der Waals surface area contributed by atoms with Crippen LogP contribution in [0, 0.1) is 0 Å². The average Bonchev–Trinajstić information content (AvgIpc) is 2.27. The first kappa shape index (κ1) is 15.4. The molecule has 0 radical (unpaired) electrons. The molecule has 1 amide bonds. The van der Waals surface area contributed by atoms with Crippen molar-refractivity contribution in [3.8, 4) is 0 Å². The fourth-order valence-corrected chi connectivity index (χ4v) is 3.14. The third-order valence-electron chi connectivity index (χ3n) is 3.55. The smallest absolute Gasteiger partial charge is 0.270 e. The van der Waals surface area contributed by atoms with Gasteiger partial charge in [0.25, 0.3) is 10.1 Å². The van der Waals surface area contributed by atoms with Crippen LogP contribution in [0.25, 0.3) is 0 Å². The van der Waals surface area contributed by atoms with Crippen molar-refractivity contribution in [1.82, 2.24) is 5.32 Å². The number of piperidine rings is 1. The highest BCUT2D eigenvalue weighted by molar-refractivity contribution is 7.85. The second kappa shape index (κ2) is 6.49. The van der Waals surface area contributed by atoms with E-state index in [9.17, 15) is 13.2 Å². The summed E-state index contributed by atoms with van der Waals surface area (Å²) in [5, 5.41) is 2.75. The highest BCUT2D eigenvalue weighted by Gasteiger charge is 2.30. The lowest BCUT2D eigenvalue weighted by Crippen LogP contribution is -2.56. The zero-order valence-corrected chi connectivity index (χ0v) is 11.7. The Hall–Kier alpha value is -0.660. The van der Waals surface area contributed by atoms with Gasteiger partial charge in [0.05, 0.1) is 32.7 Å². The van der Waals surface area contributed by atoms with Gasteiger partial charge < -0.3 is 9.80 Å². The largest absolute Gasteiger partial charge is 0.351 e. The van der Waals surface area contributed by atoms with E-state index in [1.165, 1.54) is 13.3 Å². The number of nitrogens with zero attached hydrogens (tertiary/aromatic N) is 1. The van der Waals surface area contributed by atoms with Crippen LogP contribution in [-0.2, 0) is 14.9 Å². The van der Waals surface area contributed by atoms with Crippen LogP contribution in [0.1, 0.15) is 26.2 Å². The van der Waals surface area contributed by atoms with Crippen LogP contribution >= 0.6 is 0 Å². The molecule has 0 aromatic carbocycles. The second-order valence-electron chi connectivity index (χ2n) is 5.07. The first-order valence-corrected chi connectivity index (χ1v) is 7.99. The number of carbonyl (C=O) groups excluding carboxylic acids is 1. The number of nitrogens with one attached hydrogen (secondary N) is 1. The number of carbonyl (C=O) groups is 1. The molecule has 18 heavy (non-hydrogen) atoms. The van der Waals surface area contributed by atoms with Crippen molar-refractivity contribution in [2.45, 2.75) is 26.2 Å². The third kappa shape index (κ3) is 5.79. The highest BCUT2D eigenvalue weighted by atomic mass is 32.2. The molecule has 0 spiro atoms. The van der Waals surface area contributed by atoms with E-state index in [-0.39, 0.29) is 11.7 Å². The summed E-state index contributed by atoms with van der Waals surface area (Å²) in [6, 6.07) is 0. The van der Waals surface area contributed by atoms with Crippen molar-refractivity contribution >= 4 is 16.0 Å². The molecule has 7 heteroatoms. The molecule has 1 aliphatic rings. The van der Waals surface area contributed by atoms with E-state index >= 15 is 0 Å². The summed E-state index contributed by atoms with van der Waals surface area (Å²) in [6.07, 6.45) is 3.32. The lowest BCUT2D eigenvalue weighted by molar-refractivity contribution is -0.929. The van der Waals surface area contributed by atoms with Gasteiger partial charge in [0, 0.05) is 6.92 Å². The highest BCUT2D eigenvalue weighted by Crippen LogP contribution is 2.18. The van der Waals surface area contributed by atoms with E-state index in [1.54, 1.807) is 0 Å². The van der Waals surface area contributed by atoms with E-state index < -0.39 is 10.1 Å². The maximum absolute atomic E-state index is 10.9. The first-order valence-electron chi connectivity index (χ1n) is 6.38. The fraction of sp³-hybridized carbons (Fsp3) is 0.909. The van der Waals surface area contributed by atoms with Crippen molar-refractivity contribution in [2.24, 2.45) is 0 Å². The van der Waals surface area contributed by atoms with Crippen molar-refractivity contribution in [3.05, 3.63) is 0 Å². The van der Waals surface area contributed by atoms with E-state index in [0.29, 0.717) is 17.6 Å². The predicted octanol–water partition coefficient (Wildman–Crippen LogP) is 0.0110. The van der Waals surface area contributed by atoms with Crippen molar-refractivity contribution < 1.29 is 22.2 Å². The minimum Gasteiger partial charge on any atom is -0.351 e. The maximum atomic E-state index is 10.9. The summed E-state index contributed by atoms with van der Waals surface area (Å²) in [6.45, 7) is 5.04. The third-order valence-corrected chi connectivity index (χ3v) is 4.25. The molecule has 0 aromatic heterocycles. The number of rotatable bonds is 6. The predicted molar refractivity (Wildman–Crippen MR) is 68.7 cm³/mol. The molecule has 1 aliphatic heterocycles. The number of hydrogen-bond donors (Lipinski definition) is 2. The van der Waals surface area contributed by atoms with Gasteiger partial charge in [-0.05, 0) is 19.3 Å². The topological polar surface area (TPSA) is 83.5 Å². The molecule has 106 valence electrons. The Balaban J connectivity index is 2.54. The van der Waals surface area contributed by atoms with Gasteiger partial charge in [-0.2, -0.15) is 8.42 Å². The molecule has 1 rings (SSSR count). The van der Waals surface area contributed by atoms with Crippen LogP contribution in [0.3, 0.4) is 0 Å². The number of likely N-dealkylation sites (tertiary alicyclic amines) is 1. The standard InChI is InChI=1S/C11H22N2O4S/c1-11(14)12-5-8-13(6-3-2-4-7-13)9-10-18(15,16)17/h2-10H2,1H3,(H-,12,14,15,16,17)/p+1. The maximum Gasteiger partial charge on any atom is 0.270 e.